The average molecular weight is 363 g/mol. The standard InChI is InChI=1S/C21H21N3O3/c1-14-7-6-9-17(15(14)2)22-20(25)13-24-21(26)12-11-18(23-24)16-8-4-5-10-19(16)27-3/h4-12H,13H2,1-3H3,(H,22,25). The van der Waals surface area contributed by atoms with Gasteiger partial charge in [-0.15, -0.1) is 0 Å². The van der Waals surface area contributed by atoms with Crippen molar-refractivity contribution < 1.29 is 9.53 Å². The molecule has 0 aliphatic heterocycles. The summed E-state index contributed by atoms with van der Waals surface area (Å²) in [5.74, 6) is 0.338. The second kappa shape index (κ2) is 7.86. The molecule has 1 aromatic heterocycles. The summed E-state index contributed by atoms with van der Waals surface area (Å²) in [4.78, 5) is 24.6. The van der Waals surface area contributed by atoms with Crippen molar-refractivity contribution in [3.05, 3.63) is 76.1 Å². The molecule has 0 unspecified atom stereocenters. The SMILES string of the molecule is COc1ccccc1-c1ccc(=O)n(CC(=O)Nc2cccc(C)c2C)n1. The van der Waals surface area contributed by atoms with Gasteiger partial charge in [0.15, 0.2) is 0 Å². The molecule has 0 bridgehead atoms. The van der Waals surface area contributed by atoms with Gasteiger partial charge in [0.2, 0.25) is 5.91 Å². The van der Waals surface area contributed by atoms with Gasteiger partial charge < -0.3 is 10.1 Å². The van der Waals surface area contributed by atoms with E-state index in [2.05, 4.69) is 10.4 Å². The zero-order chi connectivity index (χ0) is 19.4. The lowest BCUT2D eigenvalue weighted by atomic mass is 10.1. The molecule has 0 aliphatic carbocycles. The molecule has 2 aromatic carbocycles. The summed E-state index contributed by atoms with van der Waals surface area (Å²) in [7, 11) is 1.58. The van der Waals surface area contributed by atoms with E-state index in [0.29, 0.717) is 11.4 Å². The van der Waals surface area contributed by atoms with Crippen LogP contribution in [0.2, 0.25) is 0 Å². The Labute approximate surface area is 157 Å². The van der Waals surface area contributed by atoms with Gasteiger partial charge in [-0.25, -0.2) is 4.68 Å². The fraction of sp³-hybridized carbons (Fsp3) is 0.190. The van der Waals surface area contributed by atoms with Gasteiger partial charge in [0.25, 0.3) is 5.56 Å². The molecule has 3 aromatic rings. The molecule has 6 heteroatoms. The average Bonchev–Trinajstić information content (AvgIpc) is 2.67. The summed E-state index contributed by atoms with van der Waals surface area (Å²) < 4.78 is 6.50. The van der Waals surface area contributed by atoms with Crippen molar-refractivity contribution >= 4 is 11.6 Å². The molecular formula is C21H21N3O3. The Balaban J connectivity index is 1.86. The highest BCUT2D eigenvalue weighted by atomic mass is 16.5. The van der Waals surface area contributed by atoms with E-state index < -0.39 is 0 Å². The van der Waals surface area contributed by atoms with E-state index in [1.54, 1.807) is 13.2 Å². The van der Waals surface area contributed by atoms with Crippen LogP contribution in [0.25, 0.3) is 11.3 Å². The second-order valence-electron chi connectivity index (χ2n) is 6.21. The molecule has 1 N–H and O–H groups in total. The van der Waals surface area contributed by atoms with Crippen molar-refractivity contribution in [2.75, 3.05) is 12.4 Å². The highest BCUT2D eigenvalue weighted by Gasteiger charge is 2.12. The first-order chi connectivity index (χ1) is 13.0. The first-order valence-corrected chi connectivity index (χ1v) is 8.57. The Bertz CT molecular complexity index is 1040. The lowest BCUT2D eigenvalue weighted by molar-refractivity contribution is -0.117. The minimum atomic E-state index is -0.343. The van der Waals surface area contributed by atoms with E-state index in [0.717, 1.165) is 27.1 Å². The Kier molecular flexibility index (Phi) is 5.35. The van der Waals surface area contributed by atoms with E-state index >= 15 is 0 Å². The number of ether oxygens (including phenoxy) is 1. The minimum absolute atomic E-state index is 0.171. The highest BCUT2D eigenvalue weighted by molar-refractivity contribution is 5.91. The Hall–Kier alpha value is -3.41. The number of hydrogen-bond acceptors (Lipinski definition) is 4. The predicted octanol–water partition coefficient (Wildman–Crippen LogP) is 3.17. The monoisotopic (exact) mass is 363 g/mol. The number of benzene rings is 2. The molecule has 27 heavy (non-hydrogen) atoms. The number of anilines is 1. The van der Waals surface area contributed by atoms with Gasteiger partial charge in [-0.3, -0.25) is 9.59 Å². The van der Waals surface area contributed by atoms with Gasteiger partial charge in [0, 0.05) is 17.3 Å². The number of para-hydroxylation sites is 1. The molecule has 1 amide bonds. The Morgan fingerprint density at radius 3 is 2.63 bits per heavy atom. The molecule has 0 spiro atoms. The number of nitrogens with one attached hydrogen (secondary N) is 1. The van der Waals surface area contributed by atoms with E-state index in [9.17, 15) is 9.59 Å². The third-order valence-corrected chi connectivity index (χ3v) is 4.42. The molecule has 1 heterocycles. The smallest absolute Gasteiger partial charge is 0.267 e. The highest BCUT2D eigenvalue weighted by Crippen LogP contribution is 2.27. The summed E-state index contributed by atoms with van der Waals surface area (Å²) in [6.45, 7) is 3.75. The zero-order valence-electron chi connectivity index (χ0n) is 15.5. The number of carbonyl (C=O) groups is 1. The van der Waals surface area contributed by atoms with E-state index in [-0.39, 0.29) is 18.0 Å². The number of methoxy groups -OCH3 is 1. The van der Waals surface area contributed by atoms with Crippen LogP contribution in [0.1, 0.15) is 11.1 Å². The van der Waals surface area contributed by atoms with Crippen LogP contribution in [0, 0.1) is 13.8 Å². The van der Waals surface area contributed by atoms with Crippen LogP contribution in [0.15, 0.2) is 59.4 Å². The summed E-state index contributed by atoms with van der Waals surface area (Å²) in [6, 6.07) is 16.1. The molecule has 138 valence electrons. The maximum absolute atomic E-state index is 12.4. The summed E-state index contributed by atoms with van der Waals surface area (Å²) in [6.07, 6.45) is 0. The first kappa shape index (κ1) is 18.4. The van der Waals surface area contributed by atoms with Crippen molar-refractivity contribution in [2.45, 2.75) is 20.4 Å². The Morgan fingerprint density at radius 1 is 1.07 bits per heavy atom. The van der Waals surface area contributed by atoms with Crippen molar-refractivity contribution in [3.8, 4) is 17.0 Å². The van der Waals surface area contributed by atoms with Crippen molar-refractivity contribution in [1.29, 1.82) is 0 Å². The molecular weight excluding hydrogens is 342 g/mol. The van der Waals surface area contributed by atoms with E-state index in [4.69, 9.17) is 4.74 Å². The lowest BCUT2D eigenvalue weighted by Gasteiger charge is -2.12. The van der Waals surface area contributed by atoms with E-state index in [1.807, 2.05) is 56.3 Å². The van der Waals surface area contributed by atoms with Crippen LogP contribution < -0.4 is 15.6 Å². The van der Waals surface area contributed by atoms with Gasteiger partial charge in [0.05, 0.1) is 12.8 Å². The molecule has 3 rings (SSSR count). The second-order valence-corrected chi connectivity index (χ2v) is 6.21. The van der Waals surface area contributed by atoms with Crippen molar-refractivity contribution in [1.82, 2.24) is 9.78 Å². The maximum atomic E-state index is 12.4. The molecule has 0 aliphatic rings. The van der Waals surface area contributed by atoms with Crippen molar-refractivity contribution in [3.63, 3.8) is 0 Å². The van der Waals surface area contributed by atoms with E-state index in [1.165, 1.54) is 6.07 Å². The van der Waals surface area contributed by atoms with Crippen LogP contribution in [0.4, 0.5) is 5.69 Å². The molecule has 0 atom stereocenters. The van der Waals surface area contributed by atoms with Crippen LogP contribution in [-0.4, -0.2) is 22.8 Å². The Morgan fingerprint density at radius 2 is 1.85 bits per heavy atom. The van der Waals surface area contributed by atoms with Crippen LogP contribution in [0.3, 0.4) is 0 Å². The number of carbonyl (C=O) groups excluding carboxylic acids is 1. The summed E-state index contributed by atoms with van der Waals surface area (Å²) in [5, 5.41) is 7.18. The van der Waals surface area contributed by atoms with Gasteiger partial charge in [-0.05, 0) is 49.2 Å². The quantitative estimate of drug-likeness (QED) is 0.756. The molecule has 0 fully saturated rings. The molecule has 0 saturated carbocycles. The topological polar surface area (TPSA) is 73.2 Å². The largest absolute Gasteiger partial charge is 0.496 e. The first-order valence-electron chi connectivity index (χ1n) is 8.57. The molecule has 0 saturated heterocycles. The third kappa shape index (κ3) is 4.06. The van der Waals surface area contributed by atoms with Gasteiger partial charge in [-0.1, -0.05) is 24.3 Å². The van der Waals surface area contributed by atoms with Gasteiger partial charge >= 0.3 is 0 Å². The fourth-order valence-electron chi connectivity index (χ4n) is 2.77. The maximum Gasteiger partial charge on any atom is 0.267 e. The van der Waals surface area contributed by atoms with Crippen LogP contribution >= 0.6 is 0 Å². The number of rotatable bonds is 5. The molecule has 6 nitrogen and oxygen atoms in total. The predicted molar refractivity (Wildman–Crippen MR) is 105 cm³/mol. The zero-order valence-corrected chi connectivity index (χ0v) is 15.5. The number of hydrogen-bond donors (Lipinski definition) is 1. The normalized spacial score (nSPS) is 10.5. The number of nitrogens with zero attached hydrogens (tertiary/aromatic N) is 2. The fourth-order valence-corrected chi connectivity index (χ4v) is 2.77. The third-order valence-electron chi connectivity index (χ3n) is 4.42. The van der Waals surface area contributed by atoms with Crippen molar-refractivity contribution in [2.24, 2.45) is 0 Å². The van der Waals surface area contributed by atoms with Crippen LogP contribution in [-0.2, 0) is 11.3 Å². The lowest BCUT2D eigenvalue weighted by Crippen LogP contribution is -2.29. The summed E-state index contributed by atoms with van der Waals surface area (Å²) in [5.41, 5.74) is 3.78. The van der Waals surface area contributed by atoms with Gasteiger partial charge in [-0.2, -0.15) is 5.10 Å². The van der Waals surface area contributed by atoms with Crippen LogP contribution in [0.5, 0.6) is 5.75 Å². The van der Waals surface area contributed by atoms with Gasteiger partial charge in [0.1, 0.15) is 12.3 Å². The number of aryl methyl sites for hydroxylation is 1. The summed E-state index contributed by atoms with van der Waals surface area (Å²) >= 11 is 0. The number of amides is 1. The minimum Gasteiger partial charge on any atom is -0.496 e. The molecule has 0 radical (unpaired) electrons. The number of aromatic nitrogens is 2.